The first-order valence-electron chi connectivity index (χ1n) is 16.8. The molecule has 2 saturated carbocycles. The quantitative estimate of drug-likeness (QED) is 0.184. The third-order valence-electron chi connectivity index (χ3n) is 10.1. The summed E-state index contributed by atoms with van der Waals surface area (Å²) < 4.78 is 49.7. The van der Waals surface area contributed by atoms with Crippen molar-refractivity contribution in [3.05, 3.63) is 81.4 Å². The number of hydrogen-bond donors (Lipinski definition) is 0. The van der Waals surface area contributed by atoms with Crippen LogP contribution in [0.3, 0.4) is 0 Å². The van der Waals surface area contributed by atoms with Crippen LogP contribution in [0.1, 0.15) is 84.6 Å². The number of benzene rings is 1. The van der Waals surface area contributed by atoms with Crippen LogP contribution in [0.5, 0.6) is 5.88 Å². The molecule has 8 rings (SSSR count). The molecule has 49 heavy (non-hydrogen) atoms. The highest BCUT2D eigenvalue weighted by Gasteiger charge is 2.37. The number of ether oxygens (including phenoxy) is 1. The summed E-state index contributed by atoms with van der Waals surface area (Å²) in [4.78, 5) is 39.6. The van der Waals surface area contributed by atoms with Gasteiger partial charge in [0.25, 0.3) is 5.56 Å². The number of fused-ring (bicyclic) bond motifs is 1. The predicted molar refractivity (Wildman–Crippen MR) is 178 cm³/mol. The van der Waals surface area contributed by atoms with Gasteiger partial charge >= 0.3 is 6.18 Å². The Labute approximate surface area is 281 Å². The number of likely N-dealkylation sites (tertiary alicyclic amines) is 1. The molecular formula is C36H37F3N8O2. The van der Waals surface area contributed by atoms with Gasteiger partial charge in [0.15, 0.2) is 11.5 Å². The van der Waals surface area contributed by atoms with Gasteiger partial charge in [0.2, 0.25) is 5.88 Å². The Morgan fingerprint density at radius 3 is 2.33 bits per heavy atom. The van der Waals surface area contributed by atoms with Crippen molar-refractivity contribution in [2.45, 2.75) is 76.0 Å². The van der Waals surface area contributed by atoms with Crippen LogP contribution in [0, 0.1) is 6.92 Å². The lowest BCUT2D eigenvalue weighted by molar-refractivity contribution is -0.140. The maximum Gasteiger partial charge on any atom is 0.434 e. The Morgan fingerprint density at radius 2 is 1.67 bits per heavy atom. The van der Waals surface area contributed by atoms with Crippen LogP contribution < -0.4 is 10.3 Å². The van der Waals surface area contributed by atoms with E-state index in [2.05, 4.69) is 26.9 Å². The van der Waals surface area contributed by atoms with Gasteiger partial charge in [-0.15, -0.1) is 0 Å². The van der Waals surface area contributed by atoms with Crippen molar-refractivity contribution in [1.29, 1.82) is 0 Å². The second-order valence-electron chi connectivity index (χ2n) is 13.6. The molecule has 1 aromatic carbocycles. The first kappa shape index (κ1) is 31.6. The highest BCUT2D eigenvalue weighted by molar-refractivity contribution is 5.82. The van der Waals surface area contributed by atoms with E-state index in [-0.39, 0.29) is 30.0 Å². The zero-order valence-electron chi connectivity index (χ0n) is 27.7. The van der Waals surface area contributed by atoms with Gasteiger partial charge in [-0.25, -0.2) is 24.9 Å². The topological polar surface area (TPSA) is 104 Å². The normalized spacial score (nSPS) is 17.6. The van der Waals surface area contributed by atoms with Crippen LogP contribution in [0.15, 0.2) is 47.7 Å². The number of rotatable bonds is 8. The van der Waals surface area contributed by atoms with Crippen molar-refractivity contribution < 1.29 is 17.9 Å². The minimum atomic E-state index is -4.52. The Balaban J connectivity index is 1.24. The summed E-state index contributed by atoms with van der Waals surface area (Å²) in [6.07, 6.45) is 3.52. The zero-order chi connectivity index (χ0) is 34.0. The van der Waals surface area contributed by atoms with Crippen molar-refractivity contribution >= 4 is 11.0 Å². The van der Waals surface area contributed by atoms with E-state index in [1.165, 1.54) is 6.33 Å². The molecule has 5 aromatic rings. The number of aromatic nitrogens is 7. The van der Waals surface area contributed by atoms with E-state index in [1.807, 2.05) is 25.1 Å². The molecule has 1 saturated heterocycles. The second-order valence-corrected chi connectivity index (χ2v) is 13.6. The highest BCUT2D eigenvalue weighted by Crippen LogP contribution is 2.45. The Kier molecular flexibility index (Phi) is 7.77. The average Bonchev–Trinajstić information content (AvgIpc) is 4.04. The lowest BCUT2D eigenvalue weighted by Crippen LogP contribution is -2.33. The van der Waals surface area contributed by atoms with Crippen molar-refractivity contribution in [2.24, 2.45) is 0 Å². The van der Waals surface area contributed by atoms with E-state index in [0.29, 0.717) is 34.3 Å². The molecule has 0 amide bonds. The fraction of sp³-hybridized carbons (Fsp3) is 0.444. The third-order valence-corrected chi connectivity index (χ3v) is 10.1. The third kappa shape index (κ3) is 5.98. The molecule has 0 N–H and O–H groups in total. The van der Waals surface area contributed by atoms with E-state index < -0.39 is 11.9 Å². The molecule has 254 valence electrons. The van der Waals surface area contributed by atoms with Gasteiger partial charge in [-0.05, 0) is 83.1 Å². The molecule has 3 aliphatic rings. The molecule has 0 spiro atoms. The van der Waals surface area contributed by atoms with Gasteiger partial charge in [0.1, 0.15) is 23.4 Å². The second kappa shape index (κ2) is 12.0. The van der Waals surface area contributed by atoms with E-state index in [9.17, 15) is 18.0 Å². The van der Waals surface area contributed by atoms with Crippen molar-refractivity contribution in [2.75, 3.05) is 27.2 Å². The van der Waals surface area contributed by atoms with Gasteiger partial charge < -0.3 is 14.2 Å². The molecule has 0 unspecified atom stereocenters. The van der Waals surface area contributed by atoms with Crippen LogP contribution in [0.4, 0.5) is 13.2 Å². The molecule has 0 bridgehead atoms. The van der Waals surface area contributed by atoms with Crippen LogP contribution in [-0.2, 0) is 12.7 Å². The summed E-state index contributed by atoms with van der Waals surface area (Å²) in [5.41, 5.74) is 3.88. The summed E-state index contributed by atoms with van der Waals surface area (Å²) >= 11 is 0. The monoisotopic (exact) mass is 670 g/mol. The van der Waals surface area contributed by atoms with Crippen molar-refractivity contribution in [1.82, 2.24) is 39.0 Å². The predicted octanol–water partition coefficient (Wildman–Crippen LogP) is 6.52. The Hall–Kier alpha value is -4.65. The number of nitrogens with zero attached hydrogens (tertiary/aromatic N) is 8. The number of aryl methyl sites for hydroxylation is 1. The molecule has 5 heterocycles. The summed E-state index contributed by atoms with van der Waals surface area (Å²) in [6.45, 7) is 3.96. The number of halogens is 3. The molecule has 1 aliphatic heterocycles. The smallest absolute Gasteiger partial charge is 0.434 e. The molecule has 3 fully saturated rings. The van der Waals surface area contributed by atoms with Crippen molar-refractivity contribution in [3.8, 4) is 28.7 Å². The fourth-order valence-electron chi connectivity index (χ4n) is 7.01. The summed E-state index contributed by atoms with van der Waals surface area (Å²) in [5, 5.41) is 0.795. The number of hydrogen-bond acceptors (Lipinski definition) is 8. The van der Waals surface area contributed by atoms with Gasteiger partial charge in [-0.3, -0.25) is 9.36 Å². The maximum absolute atomic E-state index is 14.5. The van der Waals surface area contributed by atoms with E-state index in [4.69, 9.17) is 14.7 Å². The van der Waals surface area contributed by atoms with Gasteiger partial charge in [0, 0.05) is 34.7 Å². The summed E-state index contributed by atoms with van der Waals surface area (Å²) in [5.74, 6) is 1.48. The first-order chi connectivity index (χ1) is 23.6. The van der Waals surface area contributed by atoms with Gasteiger partial charge in [-0.1, -0.05) is 24.3 Å². The largest absolute Gasteiger partial charge is 0.480 e. The maximum atomic E-state index is 14.5. The number of piperidine rings is 1. The molecule has 4 aromatic heterocycles. The molecule has 0 radical (unpaired) electrons. The van der Waals surface area contributed by atoms with Crippen LogP contribution in [0.2, 0.25) is 0 Å². The van der Waals surface area contributed by atoms with Crippen molar-refractivity contribution in [3.63, 3.8) is 0 Å². The molecule has 0 atom stereocenters. The Bertz CT molecular complexity index is 2110. The summed E-state index contributed by atoms with van der Waals surface area (Å²) in [6, 6.07) is 9.27. The average molecular weight is 671 g/mol. The van der Waals surface area contributed by atoms with E-state index in [1.54, 1.807) is 28.4 Å². The standard InChI is InChI=1S/C36H37F3N8O2/c1-20-26-16-27(22-12-14-45(2)15-13-22)35(48)47(33(26)44-31(42-20)29-30(23-8-9-23)40-19-41-34(29)49-3)17-21-4-6-24(7-5-21)32-43-28(36(37,38)39)18-46(32)25-10-11-25/h4-7,16,18-19,22-23,25H,8-15,17H2,1-3H3. The number of pyridine rings is 1. The molecule has 2 aliphatic carbocycles. The molecule has 10 nitrogen and oxygen atoms in total. The number of alkyl halides is 3. The van der Waals surface area contributed by atoms with E-state index >= 15 is 0 Å². The van der Waals surface area contributed by atoms with Gasteiger partial charge in [0.05, 0.1) is 25.0 Å². The van der Waals surface area contributed by atoms with Crippen LogP contribution >= 0.6 is 0 Å². The van der Waals surface area contributed by atoms with E-state index in [0.717, 1.165) is 85.7 Å². The highest BCUT2D eigenvalue weighted by atomic mass is 19.4. The van der Waals surface area contributed by atoms with Crippen LogP contribution in [0.25, 0.3) is 33.8 Å². The SMILES string of the molecule is COc1ncnc(C2CC2)c1-c1nc(C)c2cc(C3CCN(C)CC3)c(=O)n(Cc3ccc(-c4nc(C(F)(F)F)cn4C4CC4)cc3)c2n1. The minimum absolute atomic E-state index is 0.0247. The Morgan fingerprint density at radius 1 is 0.939 bits per heavy atom. The lowest BCUT2D eigenvalue weighted by atomic mass is 9.89. The fourth-order valence-corrected chi connectivity index (χ4v) is 7.01. The number of imidazole rings is 1. The molecule has 13 heteroatoms. The van der Waals surface area contributed by atoms with Gasteiger partial charge in [-0.2, -0.15) is 13.2 Å². The van der Waals surface area contributed by atoms with Crippen LogP contribution in [-0.4, -0.2) is 66.2 Å². The molecular weight excluding hydrogens is 633 g/mol. The minimum Gasteiger partial charge on any atom is -0.480 e. The first-order valence-corrected chi connectivity index (χ1v) is 16.8. The zero-order valence-corrected chi connectivity index (χ0v) is 27.7. The number of methoxy groups -OCH3 is 1. The lowest BCUT2D eigenvalue weighted by Gasteiger charge is -2.29. The summed E-state index contributed by atoms with van der Waals surface area (Å²) in [7, 11) is 3.65.